The molecule has 0 fully saturated rings. The average Bonchev–Trinajstić information content (AvgIpc) is 2.53. The molecule has 1 atom stereocenters. The van der Waals surface area contributed by atoms with Crippen molar-refractivity contribution in [2.24, 2.45) is 0 Å². The van der Waals surface area contributed by atoms with Crippen LogP contribution in [-0.4, -0.2) is 17.2 Å². The Kier molecular flexibility index (Phi) is 4.09. The molecule has 0 radical (unpaired) electrons. The van der Waals surface area contributed by atoms with Crippen molar-refractivity contribution in [2.45, 2.75) is 6.10 Å². The summed E-state index contributed by atoms with van der Waals surface area (Å²) < 4.78 is 20.1. The molecular formula is C17H13BrFNO2. The molecule has 1 heterocycles. The van der Waals surface area contributed by atoms with Crippen molar-refractivity contribution in [3.05, 3.63) is 69.9 Å². The van der Waals surface area contributed by atoms with Gasteiger partial charge in [0.15, 0.2) is 0 Å². The van der Waals surface area contributed by atoms with Crippen LogP contribution in [0.5, 0.6) is 5.88 Å². The second-order valence-electron chi connectivity index (χ2n) is 4.85. The monoisotopic (exact) mass is 361 g/mol. The van der Waals surface area contributed by atoms with Gasteiger partial charge in [0.2, 0.25) is 5.88 Å². The first-order valence-corrected chi connectivity index (χ1v) is 7.46. The first kappa shape index (κ1) is 14.9. The van der Waals surface area contributed by atoms with Gasteiger partial charge in [0.25, 0.3) is 0 Å². The van der Waals surface area contributed by atoms with Gasteiger partial charge in [-0.15, -0.1) is 0 Å². The highest BCUT2D eigenvalue weighted by molar-refractivity contribution is 9.10. The molecule has 0 saturated carbocycles. The van der Waals surface area contributed by atoms with E-state index in [0.717, 1.165) is 15.4 Å². The summed E-state index contributed by atoms with van der Waals surface area (Å²) in [5.74, 6) is -0.183. The molecule has 0 aliphatic rings. The first-order valence-electron chi connectivity index (χ1n) is 6.67. The Bertz CT molecular complexity index is 838. The van der Waals surface area contributed by atoms with Crippen molar-refractivity contribution in [1.82, 2.24) is 4.98 Å². The smallest absolute Gasteiger partial charge is 0.219 e. The van der Waals surface area contributed by atoms with Gasteiger partial charge in [-0.3, -0.25) is 0 Å². The molecule has 3 nitrogen and oxygen atoms in total. The van der Waals surface area contributed by atoms with Gasteiger partial charge < -0.3 is 9.84 Å². The van der Waals surface area contributed by atoms with Crippen LogP contribution in [0.15, 0.2) is 53.0 Å². The molecule has 3 aromatic rings. The predicted octanol–water partition coefficient (Wildman–Crippen LogP) is 4.23. The summed E-state index contributed by atoms with van der Waals surface area (Å²) in [7, 11) is 1.48. The van der Waals surface area contributed by atoms with Gasteiger partial charge in [-0.05, 0) is 30.3 Å². The van der Waals surface area contributed by atoms with Crippen LogP contribution in [-0.2, 0) is 0 Å². The number of rotatable bonds is 3. The number of benzene rings is 2. The molecule has 5 heteroatoms. The number of aromatic nitrogens is 1. The number of hydrogen-bond acceptors (Lipinski definition) is 3. The fourth-order valence-electron chi connectivity index (χ4n) is 2.37. The van der Waals surface area contributed by atoms with Crippen LogP contribution in [0.4, 0.5) is 4.39 Å². The molecule has 0 aliphatic carbocycles. The van der Waals surface area contributed by atoms with E-state index in [2.05, 4.69) is 20.9 Å². The Balaban J connectivity index is 2.18. The van der Waals surface area contributed by atoms with Gasteiger partial charge in [0.1, 0.15) is 11.9 Å². The van der Waals surface area contributed by atoms with Gasteiger partial charge in [0.05, 0.1) is 12.6 Å². The first-order chi connectivity index (χ1) is 10.6. The molecule has 2 aromatic carbocycles. The third kappa shape index (κ3) is 2.69. The van der Waals surface area contributed by atoms with Crippen LogP contribution < -0.4 is 4.74 Å². The lowest BCUT2D eigenvalue weighted by atomic mass is 10.0. The molecule has 0 bridgehead atoms. The second-order valence-corrected chi connectivity index (χ2v) is 5.76. The Morgan fingerprint density at radius 1 is 1.14 bits per heavy atom. The third-order valence-electron chi connectivity index (χ3n) is 3.46. The molecule has 0 spiro atoms. The average molecular weight is 362 g/mol. The zero-order valence-electron chi connectivity index (χ0n) is 11.8. The summed E-state index contributed by atoms with van der Waals surface area (Å²) in [6.07, 6.45) is -1.15. The third-order valence-corrected chi connectivity index (χ3v) is 3.95. The van der Waals surface area contributed by atoms with Crippen molar-refractivity contribution in [3.63, 3.8) is 0 Å². The molecule has 3 rings (SSSR count). The second kappa shape index (κ2) is 6.02. The van der Waals surface area contributed by atoms with Crippen LogP contribution >= 0.6 is 15.9 Å². The van der Waals surface area contributed by atoms with Crippen LogP contribution in [0.25, 0.3) is 10.9 Å². The van der Waals surface area contributed by atoms with Crippen molar-refractivity contribution in [1.29, 1.82) is 0 Å². The number of hydrogen-bond donors (Lipinski definition) is 1. The summed E-state index contributed by atoms with van der Waals surface area (Å²) in [6.45, 7) is 0. The lowest BCUT2D eigenvalue weighted by molar-refractivity contribution is 0.208. The maximum absolute atomic E-state index is 13.9. The summed E-state index contributed by atoms with van der Waals surface area (Å²) in [5, 5.41) is 11.4. The van der Waals surface area contributed by atoms with Gasteiger partial charge in [-0.2, -0.15) is 0 Å². The highest BCUT2D eigenvalue weighted by atomic mass is 79.9. The Labute approximate surface area is 135 Å². The van der Waals surface area contributed by atoms with Gasteiger partial charge in [0, 0.05) is 21.0 Å². The normalized spacial score (nSPS) is 12.4. The topological polar surface area (TPSA) is 42.4 Å². The minimum absolute atomic E-state index is 0.192. The van der Waals surface area contributed by atoms with E-state index in [-0.39, 0.29) is 11.4 Å². The number of pyridine rings is 1. The van der Waals surface area contributed by atoms with E-state index in [4.69, 9.17) is 4.74 Å². The molecule has 0 amide bonds. The van der Waals surface area contributed by atoms with E-state index in [9.17, 15) is 9.50 Å². The molecule has 1 unspecified atom stereocenters. The molecule has 1 N–H and O–H groups in total. The summed E-state index contributed by atoms with van der Waals surface area (Å²) in [5.41, 5.74) is 1.36. The van der Waals surface area contributed by atoms with Crippen LogP contribution in [0.1, 0.15) is 17.2 Å². The number of methoxy groups -OCH3 is 1. The Morgan fingerprint density at radius 2 is 1.91 bits per heavy atom. The van der Waals surface area contributed by atoms with E-state index >= 15 is 0 Å². The number of ether oxygens (including phenoxy) is 1. The van der Waals surface area contributed by atoms with E-state index in [1.165, 1.54) is 13.2 Å². The number of aliphatic hydroxyl groups is 1. The van der Waals surface area contributed by atoms with E-state index in [1.807, 2.05) is 18.2 Å². The molecule has 0 aliphatic heterocycles. The Morgan fingerprint density at radius 3 is 2.64 bits per heavy atom. The molecule has 22 heavy (non-hydrogen) atoms. The fourth-order valence-corrected chi connectivity index (χ4v) is 2.75. The van der Waals surface area contributed by atoms with Crippen molar-refractivity contribution in [2.75, 3.05) is 7.11 Å². The van der Waals surface area contributed by atoms with E-state index < -0.39 is 11.9 Å². The van der Waals surface area contributed by atoms with E-state index in [1.54, 1.807) is 24.3 Å². The standard InChI is InChI=1S/C17H13BrFNO2/c1-22-17-13(16(21)12-4-2-3-5-14(12)19)9-10-8-11(18)6-7-15(10)20-17/h2-9,16,21H,1H3. The number of aliphatic hydroxyl groups excluding tert-OH is 1. The zero-order valence-corrected chi connectivity index (χ0v) is 13.3. The van der Waals surface area contributed by atoms with Crippen LogP contribution in [0, 0.1) is 5.82 Å². The largest absolute Gasteiger partial charge is 0.481 e. The van der Waals surface area contributed by atoms with Gasteiger partial charge in [-0.25, -0.2) is 9.37 Å². The quantitative estimate of drug-likeness (QED) is 0.758. The van der Waals surface area contributed by atoms with Gasteiger partial charge in [-0.1, -0.05) is 34.1 Å². The fraction of sp³-hybridized carbons (Fsp3) is 0.118. The van der Waals surface area contributed by atoms with Crippen LogP contribution in [0.2, 0.25) is 0 Å². The minimum Gasteiger partial charge on any atom is -0.481 e. The lowest BCUT2D eigenvalue weighted by Gasteiger charge is -2.16. The highest BCUT2D eigenvalue weighted by Gasteiger charge is 2.20. The molecule has 1 aromatic heterocycles. The number of halogens is 2. The Hall–Kier alpha value is -1.98. The maximum atomic E-state index is 13.9. The van der Waals surface area contributed by atoms with Crippen molar-refractivity contribution in [3.8, 4) is 5.88 Å². The summed E-state index contributed by atoms with van der Waals surface area (Å²) in [4.78, 5) is 4.39. The molecule has 0 saturated heterocycles. The summed E-state index contributed by atoms with van der Waals surface area (Å²) >= 11 is 3.40. The van der Waals surface area contributed by atoms with Gasteiger partial charge >= 0.3 is 0 Å². The predicted molar refractivity (Wildman–Crippen MR) is 86.5 cm³/mol. The molecule has 112 valence electrons. The van der Waals surface area contributed by atoms with Crippen LogP contribution in [0.3, 0.4) is 0 Å². The van der Waals surface area contributed by atoms with Crippen molar-refractivity contribution >= 4 is 26.8 Å². The van der Waals surface area contributed by atoms with Crippen molar-refractivity contribution < 1.29 is 14.2 Å². The maximum Gasteiger partial charge on any atom is 0.219 e. The SMILES string of the molecule is COc1nc2ccc(Br)cc2cc1C(O)c1ccccc1F. The number of fused-ring (bicyclic) bond motifs is 1. The van der Waals surface area contributed by atoms with E-state index in [0.29, 0.717) is 5.56 Å². The minimum atomic E-state index is -1.15. The summed E-state index contributed by atoms with van der Waals surface area (Å²) in [6, 6.07) is 13.5. The molecular weight excluding hydrogens is 349 g/mol. The lowest BCUT2D eigenvalue weighted by Crippen LogP contribution is -2.06. The number of nitrogens with zero attached hydrogens (tertiary/aromatic N) is 1. The zero-order chi connectivity index (χ0) is 15.7. The highest BCUT2D eigenvalue weighted by Crippen LogP contribution is 2.33.